The molecule has 2 aromatic carbocycles. The molecule has 6 heteroatoms. The summed E-state index contributed by atoms with van der Waals surface area (Å²) in [6, 6.07) is 10.9. The molecule has 118 valence electrons. The first-order valence-electron chi connectivity index (χ1n) is 7.44. The minimum atomic E-state index is -0.324. The summed E-state index contributed by atoms with van der Waals surface area (Å²) in [4.78, 5) is 28.8. The highest BCUT2D eigenvalue weighted by molar-refractivity contribution is 6.01. The maximum Gasteiger partial charge on any atom is 0.323 e. The van der Waals surface area contributed by atoms with Crippen LogP contribution in [0.3, 0.4) is 0 Å². The molecule has 23 heavy (non-hydrogen) atoms. The largest absolute Gasteiger partial charge is 0.323 e. The molecule has 0 unspecified atom stereocenters. The summed E-state index contributed by atoms with van der Waals surface area (Å²) in [5, 5.41) is 5.60. The number of benzene rings is 2. The molecule has 0 aliphatic carbocycles. The standard InChI is InChI=1S/C17H18N4O2/c1-3-11-4-6-12(7-5-11)18-16(22)19-13-9-15-14(8-10(13)2)20-17(23)21-15/h4-9H,3H2,1-2H3,(H2,18,19,22)(H2,20,21,23). The van der Waals surface area contributed by atoms with Crippen LogP contribution < -0.4 is 16.3 Å². The van der Waals surface area contributed by atoms with Gasteiger partial charge in [-0.05, 0) is 48.7 Å². The Balaban J connectivity index is 1.76. The zero-order valence-corrected chi connectivity index (χ0v) is 13.0. The molecule has 0 spiro atoms. The molecule has 0 saturated heterocycles. The van der Waals surface area contributed by atoms with Crippen molar-refractivity contribution in [2.24, 2.45) is 0 Å². The van der Waals surface area contributed by atoms with E-state index in [1.54, 1.807) is 6.07 Å². The van der Waals surface area contributed by atoms with Gasteiger partial charge in [-0.25, -0.2) is 9.59 Å². The smallest absolute Gasteiger partial charge is 0.308 e. The highest BCUT2D eigenvalue weighted by atomic mass is 16.2. The van der Waals surface area contributed by atoms with Crippen molar-refractivity contribution in [3.63, 3.8) is 0 Å². The van der Waals surface area contributed by atoms with Crippen molar-refractivity contribution in [3.8, 4) is 0 Å². The van der Waals surface area contributed by atoms with Crippen LogP contribution in [0, 0.1) is 6.92 Å². The van der Waals surface area contributed by atoms with E-state index in [1.807, 2.05) is 37.3 Å². The van der Waals surface area contributed by atoms with Crippen molar-refractivity contribution >= 4 is 28.4 Å². The number of aryl methyl sites for hydroxylation is 2. The number of imidazole rings is 1. The topological polar surface area (TPSA) is 89.8 Å². The van der Waals surface area contributed by atoms with E-state index in [4.69, 9.17) is 0 Å². The Kier molecular flexibility index (Phi) is 3.89. The minimum Gasteiger partial charge on any atom is -0.308 e. The number of rotatable bonds is 3. The van der Waals surface area contributed by atoms with Gasteiger partial charge in [0.05, 0.1) is 11.0 Å². The predicted octanol–water partition coefficient (Wildman–Crippen LogP) is 3.37. The maximum atomic E-state index is 12.1. The Morgan fingerprint density at radius 3 is 2.35 bits per heavy atom. The average molecular weight is 310 g/mol. The molecule has 6 nitrogen and oxygen atoms in total. The summed E-state index contributed by atoms with van der Waals surface area (Å²) < 4.78 is 0. The van der Waals surface area contributed by atoms with Crippen molar-refractivity contribution < 1.29 is 4.79 Å². The van der Waals surface area contributed by atoms with Crippen molar-refractivity contribution in [1.29, 1.82) is 0 Å². The molecule has 3 aromatic rings. The van der Waals surface area contributed by atoms with E-state index in [9.17, 15) is 9.59 Å². The highest BCUT2D eigenvalue weighted by Crippen LogP contribution is 2.20. The maximum absolute atomic E-state index is 12.1. The van der Waals surface area contributed by atoms with Gasteiger partial charge in [0.25, 0.3) is 0 Å². The van der Waals surface area contributed by atoms with E-state index in [2.05, 4.69) is 27.5 Å². The molecule has 0 atom stereocenters. The Bertz CT molecular complexity index is 906. The monoisotopic (exact) mass is 310 g/mol. The molecule has 0 aliphatic heterocycles. The molecule has 4 N–H and O–H groups in total. The molecule has 1 heterocycles. The van der Waals surface area contributed by atoms with Crippen molar-refractivity contribution in [2.45, 2.75) is 20.3 Å². The van der Waals surface area contributed by atoms with Crippen molar-refractivity contribution in [2.75, 3.05) is 10.6 Å². The Labute approximate surface area is 132 Å². The number of nitrogens with one attached hydrogen (secondary N) is 4. The van der Waals surface area contributed by atoms with Gasteiger partial charge in [-0.1, -0.05) is 19.1 Å². The van der Waals surface area contributed by atoms with Crippen LogP contribution >= 0.6 is 0 Å². The molecular formula is C17H18N4O2. The lowest BCUT2D eigenvalue weighted by Crippen LogP contribution is -2.19. The molecular weight excluding hydrogens is 292 g/mol. The van der Waals surface area contributed by atoms with Gasteiger partial charge in [-0.2, -0.15) is 0 Å². The molecule has 3 rings (SSSR count). The number of carbonyl (C=O) groups is 1. The molecule has 0 bridgehead atoms. The number of aromatic nitrogens is 2. The fourth-order valence-electron chi connectivity index (χ4n) is 2.43. The van der Waals surface area contributed by atoms with Crippen molar-refractivity contribution in [1.82, 2.24) is 9.97 Å². The van der Waals surface area contributed by atoms with Gasteiger partial charge in [0.15, 0.2) is 0 Å². The van der Waals surface area contributed by atoms with Crippen LogP contribution in [0.15, 0.2) is 41.2 Å². The van der Waals surface area contributed by atoms with Gasteiger partial charge in [-0.15, -0.1) is 0 Å². The lowest BCUT2D eigenvalue weighted by molar-refractivity contribution is 0.262. The zero-order chi connectivity index (χ0) is 16.4. The second kappa shape index (κ2) is 6.00. The quantitative estimate of drug-likeness (QED) is 0.597. The van der Waals surface area contributed by atoms with Crippen LogP contribution in [0.25, 0.3) is 11.0 Å². The minimum absolute atomic E-state index is 0.267. The average Bonchev–Trinajstić information content (AvgIpc) is 2.87. The van der Waals surface area contributed by atoms with Crippen LogP contribution in [0.1, 0.15) is 18.1 Å². The number of aromatic amines is 2. The van der Waals surface area contributed by atoms with Gasteiger partial charge >= 0.3 is 11.7 Å². The number of hydrogen-bond donors (Lipinski definition) is 4. The van der Waals surface area contributed by atoms with Gasteiger partial charge in [-0.3, -0.25) is 0 Å². The number of hydrogen-bond acceptors (Lipinski definition) is 2. The molecule has 0 radical (unpaired) electrons. The van der Waals surface area contributed by atoms with Gasteiger partial charge in [0.1, 0.15) is 0 Å². The number of carbonyl (C=O) groups excluding carboxylic acids is 1. The SMILES string of the molecule is CCc1ccc(NC(=O)Nc2cc3[nH]c(=O)[nH]c3cc2C)cc1. The van der Waals surface area contributed by atoms with Crippen LogP contribution in [0.5, 0.6) is 0 Å². The number of urea groups is 1. The molecule has 1 aromatic heterocycles. The third-order valence-corrected chi connectivity index (χ3v) is 3.73. The van der Waals surface area contributed by atoms with Crippen LogP contribution in [-0.4, -0.2) is 16.0 Å². The Hall–Kier alpha value is -3.02. The van der Waals surface area contributed by atoms with Crippen LogP contribution in [0.4, 0.5) is 16.2 Å². The van der Waals surface area contributed by atoms with E-state index in [0.29, 0.717) is 16.7 Å². The van der Waals surface area contributed by atoms with E-state index in [-0.39, 0.29) is 11.7 Å². The second-order valence-corrected chi connectivity index (χ2v) is 5.42. The molecule has 0 saturated carbocycles. The summed E-state index contributed by atoms with van der Waals surface area (Å²) in [6.07, 6.45) is 0.959. The Morgan fingerprint density at radius 1 is 1.04 bits per heavy atom. The summed E-state index contributed by atoms with van der Waals surface area (Å²) in [6.45, 7) is 3.95. The fraction of sp³-hybridized carbons (Fsp3) is 0.176. The second-order valence-electron chi connectivity index (χ2n) is 5.42. The predicted molar refractivity (Wildman–Crippen MR) is 92.1 cm³/mol. The van der Waals surface area contributed by atoms with Crippen molar-refractivity contribution in [3.05, 3.63) is 58.0 Å². The van der Waals surface area contributed by atoms with Gasteiger partial charge in [0, 0.05) is 11.4 Å². The first-order chi connectivity index (χ1) is 11.0. The number of H-pyrrole nitrogens is 2. The van der Waals surface area contributed by atoms with E-state index in [0.717, 1.165) is 17.7 Å². The number of fused-ring (bicyclic) bond motifs is 1. The van der Waals surface area contributed by atoms with Gasteiger partial charge in [0.2, 0.25) is 0 Å². The summed E-state index contributed by atoms with van der Waals surface area (Å²) >= 11 is 0. The van der Waals surface area contributed by atoms with Crippen LogP contribution in [-0.2, 0) is 6.42 Å². The fourth-order valence-corrected chi connectivity index (χ4v) is 2.43. The molecule has 0 fully saturated rings. The first kappa shape index (κ1) is 14.9. The van der Waals surface area contributed by atoms with E-state index in [1.165, 1.54) is 5.56 Å². The third-order valence-electron chi connectivity index (χ3n) is 3.73. The summed E-state index contributed by atoms with van der Waals surface area (Å²) in [7, 11) is 0. The summed E-state index contributed by atoms with van der Waals surface area (Å²) in [5.74, 6) is 0. The number of amides is 2. The molecule has 0 aliphatic rings. The summed E-state index contributed by atoms with van der Waals surface area (Å²) in [5.41, 5.74) is 4.57. The van der Waals surface area contributed by atoms with Crippen LogP contribution in [0.2, 0.25) is 0 Å². The first-order valence-corrected chi connectivity index (χ1v) is 7.44. The zero-order valence-electron chi connectivity index (χ0n) is 13.0. The molecule has 2 amide bonds. The van der Waals surface area contributed by atoms with Gasteiger partial charge < -0.3 is 20.6 Å². The third kappa shape index (κ3) is 3.26. The van der Waals surface area contributed by atoms with E-state index >= 15 is 0 Å². The Morgan fingerprint density at radius 2 is 1.70 bits per heavy atom. The normalized spacial score (nSPS) is 10.7. The van der Waals surface area contributed by atoms with E-state index < -0.39 is 0 Å². The highest BCUT2D eigenvalue weighted by Gasteiger charge is 2.08. The lowest BCUT2D eigenvalue weighted by atomic mass is 10.1. The number of anilines is 2. The lowest BCUT2D eigenvalue weighted by Gasteiger charge is -2.10.